The maximum Gasteiger partial charge on any atom is 0.398 e. The van der Waals surface area contributed by atoms with Crippen molar-refractivity contribution < 1.29 is 18.0 Å². The normalized spacial score (nSPS) is 16.3. The van der Waals surface area contributed by atoms with Crippen LogP contribution in [-0.4, -0.2) is 40.8 Å². The minimum Gasteiger partial charge on any atom is -0.325 e. The molecule has 0 bridgehead atoms. The Morgan fingerprint density at radius 2 is 2.04 bits per heavy atom. The number of anilines is 1. The number of para-hydroxylation sites is 1. The molecule has 1 saturated heterocycles. The van der Waals surface area contributed by atoms with E-state index >= 15 is 0 Å². The lowest BCUT2D eigenvalue weighted by Crippen LogP contribution is -2.37. The summed E-state index contributed by atoms with van der Waals surface area (Å²) < 4.78 is 37.5. The van der Waals surface area contributed by atoms with Gasteiger partial charge < -0.3 is 5.32 Å². The Hall–Kier alpha value is -1.58. The first-order chi connectivity index (χ1) is 13.3. The quantitative estimate of drug-likeness (QED) is 0.660. The van der Waals surface area contributed by atoms with Crippen LogP contribution in [0.5, 0.6) is 0 Å². The summed E-state index contributed by atoms with van der Waals surface area (Å²) in [7, 11) is 0. The molecule has 9 heteroatoms. The molecule has 3 rings (SSSR count). The number of carbonyl (C=O) groups is 1. The van der Waals surface area contributed by atoms with Gasteiger partial charge in [-0.15, -0.1) is 23.1 Å². The zero-order valence-electron chi connectivity index (χ0n) is 15.5. The van der Waals surface area contributed by atoms with Crippen LogP contribution in [0.3, 0.4) is 0 Å². The third-order valence-corrected chi connectivity index (χ3v) is 6.51. The standard InChI is InChI=1S/C19H22F3N3OS2/c1-13-23-15(11-27-13)10-25-8-6-14(7-9-25)18(26)24-16-4-2-3-5-17(16)28-12-19(20,21)22/h2-5,11,14H,6-10,12H2,1H3,(H,24,26). The van der Waals surface area contributed by atoms with E-state index in [2.05, 4.69) is 20.6 Å². The number of piperidine rings is 1. The van der Waals surface area contributed by atoms with E-state index in [1.807, 2.05) is 6.92 Å². The molecule has 1 N–H and O–H groups in total. The van der Waals surface area contributed by atoms with Crippen molar-refractivity contribution >= 4 is 34.7 Å². The van der Waals surface area contributed by atoms with Crippen LogP contribution in [0.25, 0.3) is 0 Å². The number of halogens is 3. The number of likely N-dealkylation sites (tertiary alicyclic amines) is 1. The molecule has 0 spiro atoms. The molecule has 0 unspecified atom stereocenters. The summed E-state index contributed by atoms with van der Waals surface area (Å²) in [6, 6.07) is 6.64. The molecule has 1 fully saturated rings. The number of aromatic nitrogens is 1. The van der Waals surface area contributed by atoms with Crippen molar-refractivity contribution in [3.8, 4) is 0 Å². The molecule has 1 aromatic carbocycles. The fourth-order valence-electron chi connectivity index (χ4n) is 3.15. The Balaban J connectivity index is 1.52. The minimum absolute atomic E-state index is 0.121. The number of aryl methyl sites for hydroxylation is 1. The summed E-state index contributed by atoms with van der Waals surface area (Å²) in [6.45, 7) is 4.38. The van der Waals surface area contributed by atoms with Crippen molar-refractivity contribution in [2.45, 2.75) is 37.4 Å². The van der Waals surface area contributed by atoms with Gasteiger partial charge in [0.05, 0.1) is 22.1 Å². The molecule has 2 aromatic rings. The van der Waals surface area contributed by atoms with Gasteiger partial charge in [-0.3, -0.25) is 9.69 Å². The van der Waals surface area contributed by atoms with E-state index < -0.39 is 11.9 Å². The third-order valence-electron chi connectivity index (χ3n) is 4.55. The van der Waals surface area contributed by atoms with Crippen LogP contribution >= 0.6 is 23.1 Å². The number of rotatable bonds is 6. The number of alkyl halides is 3. The topological polar surface area (TPSA) is 45.2 Å². The van der Waals surface area contributed by atoms with E-state index in [4.69, 9.17) is 0 Å². The number of thiazole rings is 1. The molecule has 1 amide bonds. The van der Waals surface area contributed by atoms with E-state index in [1.165, 1.54) is 0 Å². The predicted molar refractivity (Wildman–Crippen MR) is 107 cm³/mol. The van der Waals surface area contributed by atoms with Crippen molar-refractivity contribution in [2.24, 2.45) is 5.92 Å². The molecular formula is C19H22F3N3OS2. The van der Waals surface area contributed by atoms with Crippen molar-refractivity contribution in [1.29, 1.82) is 0 Å². The number of amides is 1. The summed E-state index contributed by atoms with van der Waals surface area (Å²) in [4.78, 5) is 19.8. The molecule has 28 heavy (non-hydrogen) atoms. The van der Waals surface area contributed by atoms with E-state index in [-0.39, 0.29) is 11.8 Å². The maximum absolute atomic E-state index is 12.6. The number of hydrogen-bond acceptors (Lipinski definition) is 5. The van der Waals surface area contributed by atoms with Crippen LogP contribution in [0.2, 0.25) is 0 Å². The maximum atomic E-state index is 12.6. The Morgan fingerprint density at radius 1 is 1.32 bits per heavy atom. The molecule has 1 aromatic heterocycles. The van der Waals surface area contributed by atoms with Crippen LogP contribution in [-0.2, 0) is 11.3 Å². The van der Waals surface area contributed by atoms with E-state index in [0.717, 1.165) is 43.2 Å². The molecule has 0 saturated carbocycles. The number of nitrogens with zero attached hydrogens (tertiary/aromatic N) is 2. The third kappa shape index (κ3) is 6.22. The molecule has 0 aliphatic carbocycles. The highest BCUT2D eigenvalue weighted by Crippen LogP contribution is 2.32. The average molecular weight is 430 g/mol. The second kappa shape index (κ2) is 9.28. The number of thioether (sulfide) groups is 1. The summed E-state index contributed by atoms with van der Waals surface area (Å²) in [5.41, 5.74) is 1.50. The van der Waals surface area contributed by atoms with Gasteiger partial charge in [-0.25, -0.2) is 4.98 Å². The Morgan fingerprint density at radius 3 is 2.68 bits per heavy atom. The van der Waals surface area contributed by atoms with Gasteiger partial charge in [-0.05, 0) is 45.0 Å². The van der Waals surface area contributed by atoms with Crippen molar-refractivity contribution in [3.05, 3.63) is 40.3 Å². The summed E-state index contributed by atoms with van der Waals surface area (Å²) in [5.74, 6) is -1.23. The second-order valence-corrected chi connectivity index (χ2v) is 8.88. The van der Waals surface area contributed by atoms with Crippen molar-refractivity contribution in [3.63, 3.8) is 0 Å². The predicted octanol–water partition coefficient (Wildman–Crippen LogP) is 4.96. The molecule has 0 radical (unpaired) electrons. The van der Waals surface area contributed by atoms with Crippen LogP contribution in [0, 0.1) is 12.8 Å². The summed E-state index contributed by atoms with van der Waals surface area (Å²) >= 11 is 2.32. The molecule has 4 nitrogen and oxygen atoms in total. The lowest BCUT2D eigenvalue weighted by atomic mass is 9.95. The highest BCUT2D eigenvalue weighted by molar-refractivity contribution is 7.99. The van der Waals surface area contributed by atoms with Gasteiger partial charge in [0.1, 0.15) is 0 Å². The van der Waals surface area contributed by atoms with Gasteiger partial charge in [0.15, 0.2) is 0 Å². The zero-order chi connectivity index (χ0) is 20.1. The number of carbonyl (C=O) groups excluding carboxylic acids is 1. The molecule has 1 aliphatic heterocycles. The number of nitrogens with one attached hydrogen (secondary N) is 1. The summed E-state index contributed by atoms with van der Waals surface area (Å²) in [5, 5.41) is 5.93. The van der Waals surface area contributed by atoms with E-state index in [1.54, 1.807) is 35.6 Å². The van der Waals surface area contributed by atoms with Crippen molar-refractivity contribution in [2.75, 3.05) is 24.2 Å². The molecular weight excluding hydrogens is 407 g/mol. The van der Waals surface area contributed by atoms with Gasteiger partial charge in [-0.2, -0.15) is 13.2 Å². The minimum atomic E-state index is -4.25. The first-order valence-corrected chi connectivity index (χ1v) is 10.9. The van der Waals surface area contributed by atoms with Crippen LogP contribution in [0.4, 0.5) is 18.9 Å². The first-order valence-electron chi connectivity index (χ1n) is 9.03. The zero-order valence-corrected chi connectivity index (χ0v) is 17.1. The largest absolute Gasteiger partial charge is 0.398 e. The van der Waals surface area contributed by atoms with Gasteiger partial charge in [0.25, 0.3) is 0 Å². The van der Waals surface area contributed by atoms with Crippen LogP contribution in [0.1, 0.15) is 23.5 Å². The lowest BCUT2D eigenvalue weighted by Gasteiger charge is -2.30. The Labute approximate surface area is 170 Å². The fourth-order valence-corrected chi connectivity index (χ4v) is 4.53. The van der Waals surface area contributed by atoms with E-state index in [9.17, 15) is 18.0 Å². The molecule has 2 heterocycles. The molecule has 1 aliphatic rings. The van der Waals surface area contributed by atoms with Crippen LogP contribution in [0.15, 0.2) is 34.5 Å². The molecule has 152 valence electrons. The summed E-state index contributed by atoms with van der Waals surface area (Å²) in [6.07, 6.45) is -2.79. The van der Waals surface area contributed by atoms with Crippen LogP contribution < -0.4 is 5.32 Å². The van der Waals surface area contributed by atoms with E-state index in [0.29, 0.717) is 22.3 Å². The monoisotopic (exact) mass is 429 g/mol. The van der Waals surface area contributed by atoms with Gasteiger partial charge in [0, 0.05) is 22.7 Å². The SMILES string of the molecule is Cc1nc(CN2CCC(C(=O)Nc3ccccc3SCC(F)(F)F)CC2)cs1. The molecule has 0 atom stereocenters. The Bertz CT molecular complexity index is 802. The average Bonchev–Trinajstić information content (AvgIpc) is 3.05. The fraction of sp³-hybridized carbons (Fsp3) is 0.474. The lowest BCUT2D eigenvalue weighted by molar-refractivity contribution is -0.121. The first kappa shape index (κ1) is 21.1. The second-order valence-electron chi connectivity index (χ2n) is 6.80. The Kier molecular flexibility index (Phi) is 7.00. The number of benzene rings is 1. The van der Waals surface area contributed by atoms with Gasteiger partial charge >= 0.3 is 6.18 Å². The van der Waals surface area contributed by atoms with Gasteiger partial charge in [0.2, 0.25) is 5.91 Å². The van der Waals surface area contributed by atoms with Gasteiger partial charge in [-0.1, -0.05) is 12.1 Å². The highest BCUT2D eigenvalue weighted by atomic mass is 32.2. The number of hydrogen-bond donors (Lipinski definition) is 1. The smallest absolute Gasteiger partial charge is 0.325 e. The van der Waals surface area contributed by atoms with Crippen molar-refractivity contribution in [1.82, 2.24) is 9.88 Å². The highest BCUT2D eigenvalue weighted by Gasteiger charge is 2.29.